The average molecular weight is 694 g/mol. The number of nitrogens with zero attached hydrogens (tertiary/aromatic N) is 3. The average Bonchev–Trinajstić information content (AvgIpc) is 3.54. The minimum absolute atomic E-state index is 0.178. The standard InChI is InChI=1S/C42H68N3O3P/c1-6-9-12-15-18-23-30-49(31-24-19-16-13-10-7-2,32-25-20-17-14-11-8-3)37-33-36(28-29-48-42(47)35(4)5)41(46)40(34-37)45-43-38-26-21-22-27-39(38)44-45/h21-22,26-27,33-34,46,49H,4,6-20,23-25,28-32H2,1-3,5H3. The van der Waals surface area contributed by atoms with Crippen molar-refractivity contribution in [2.75, 3.05) is 25.1 Å². The van der Waals surface area contributed by atoms with E-state index in [0.29, 0.717) is 17.7 Å². The van der Waals surface area contributed by atoms with Crippen molar-refractivity contribution in [1.82, 2.24) is 15.0 Å². The second kappa shape index (κ2) is 22.9. The van der Waals surface area contributed by atoms with Crippen LogP contribution in [0.1, 0.15) is 149 Å². The van der Waals surface area contributed by atoms with Crippen LogP contribution in [0, 0.1) is 0 Å². The summed E-state index contributed by atoms with van der Waals surface area (Å²) in [6.07, 6.45) is 27.7. The Morgan fingerprint density at radius 1 is 0.735 bits per heavy atom. The number of rotatable bonds is 27. The zero-order valence-corrected chi connectivity index (χ0v) is 32.5. The third-order valence-electron chi connectivity index (χ3n) is 10.3. The molecule has 0 radical (unpaired) electrons. The van der Waals surface area contributed by atoms with Gasteiger partial charge >= 0.3 is 300 Å². The van der Waals surface area contributed by atoms with Crippen molar-refractivity contribution in [3.8, 4) is 11.4 Å². The van der Waals surface area contributed by atoms with Crippen LogP contribution in [0.15, 0.2) is 48.6 Å². The van der Waals surface area contributed by atoms with Crippen LogP contribution in [0.5, 0.6) is 5.75 Å². The monoisotopic (exact) mass is 693 g/mol. The van der Waals surface area contributed by atoms with E-state index in [2.05, 4.69) is 39.5 Å². The fourth-order valence-electron chi connectivity index (χ4n) is 7.21. The van der Waals surface area contributed by atoms with E-state index in [0.717, 1.165) is 16.6 Å². The van der Waals surface area contributed by atoms with Crippen molar-refractivity contribution >= 4 is 29.6 Å². The van der Waals surface area contributed by atoms with Crippen LogP contribution in [0.4, 0.5) is 0 Å². The van der Waals surface area contributed by atoms with Crippen LogP contribution in [-0.4, -0.2) is 51.2 Å². The Balaban J connectivity index is 2.06. The predicted molar refractivity (Wildman–Crippen MR) is 213 cm³/mol. The van der Waals surface area contributed by atoms with Gasteiger partial charge in [-0.1, -0.05) is 0 Å². The first-order valence-electron chi connectivity index (χ1n) is 19.9. The van der Waals surface area contributed by atoms with Gasteiger partial charge in [-0.15, -0.1) is 0 Å². The number of aromatic nitrogens is 3. The first kappa shape index (κ1) is 40.7. The number of phenols is 1. The van der Waals surface area contributed by atoms with Crippen LogP contribution in [0.25, 0.3) is 16.7 Å². The van der Waals surface area contributed by atoms with Crippen molar-refractivity contribution in [3.05, 3.63) is 54.1 Å². The van der Waals surface area contributed by atoms with E-state index >= 15 is 0 Å². The van der Waals surface area contributed by atoms with Crippen molar-refractivity contribution in [2.24, 2.45) is 0 Å². The number of esters is 1. The van der Waals surface area contributed by atoms with Crippen molar-refractivity contribution < 1.29 is 14.6 Å². The number of carbonyl (C=O) groups excluding carboxylic acids is 1. The molecular weight excluding hydrogens is 625 g/mol. The first-order chi connectivity index (χ1) is 23.8. The van der Waals surface area contributed by atoms with Gasteiger partial charge in [-0.2, -0.15) is 0 Å². The molecule has 3 aromatic rings. The third kappa shape index (κ3) is 13.5. The predicted octanol–water partition coefficient (Wildman–Crippen LogP) is 11.2. The zero-order chi connectivity index (χ0) is 35.3. The summed E-state index contributed by atoms with van der Waals surface area (Å²) >= 11 is 0. The SMILES string of the molecule is C=C(C)C(=O)OCCc1cc([PH](CCCCCCCC)(CCCCCCCC)CCCCCCCC)cc(-n2nc3ccccc3n2)c1O. The topological polar surface area (TPSA) is 77.2 Å². The normalized spacial score (nSPS) is 12.1. The molecule has 0 spiro atoms. The van der Waals surface area contributed by atoms with Gasteiger partial charge in [0.15, 0.2) is 0 Å². The number of hydrogen-bond donors (Lipinski definition) is 1. The van der Waals surface area contributed by atoms with Gasteiger partial charge in [0.05, 0.1) is 0 Å². The van der Waals surface area contributed by atoms with Gasteiger partial charge in [0.1, 0.15) is 0 Å². The zero-order valence-electron chi connectivity index (χ0n) is 31.5. The van der Waals surface area contributed by atoms with Crippen LogP contribution in [0.3, 0.4) is 0 Å². The molecule has 3 rings (SSSR count). The molecule has 0 unspecified atom stereocenters. The number of carbonyl (C=O) groups is 1. The van der Waals surface area contributed by atoms with Crippen molar-refractivity contribution in [1.29, 1.82) is 0 Å². The summed E-state index contributed by atoms with van der Waals surface area (Å²) in [6, 6.07) is 12.4. The molecule has 6 nitrogen and oxygen atoms in total. The molecule has 0 saturated heterocycles. The van der Waals surface area contributed by atoms with Gasteiger partial charge in [-0.05, 0) is 0 Å². The van der Waals surface area contributed by atoms with Gasteiger partial charge in [-0.3, -0.25) is 0 Å². The fourth-order valence-corrected chi connectivity index (χ4v) is 12.5. The number of benzene rings is 2. The summed E-state index contributed by atoms with van der Waals surface area (Å²) in [4.78, 5) is 13.9. The Morgan fingerprint density at radius 3 is 1.63 bits per heavy atom. The van der Waals surface area contributed by atoms with Gasteiger partial charge in [0, 0.05) is 0 Å². The molecule has 0 amide bonds. The summed E-state index contributed by atoms with van der Waals surface area (Å²) in [6.45, 7) is 12.5. The molecule has 0 bridgehead atoms. The summed E-state index contributed by atoms with van der Waals surface area (Å²) in [5.74, 6) is -0.217. The number of fused-ring (bicyclic) bond motifs is 1. The van der Waals surface area contributed by atoms with E-state index in [1.165, 1.54) is 139 Å². The summed E-state index contributed by atoms with van der Waals surface area (Å²) in [7, 11) is -2.02. The van der Waals surface area contributed by atoms with Crippen LogP contribution in [-0.2, 0) is 16.0 Å². The van der Waals surface area contributed by atoms with Gasteiger partial charge in [0.2, 0.25) is 0 Å². The van der Waals surface area contributed by atoms with Gasteiger partial charge in [0.25, 0.3) is 0 Å². The van der Waals surface area contributed by atoms with Crippen LogP contribution in [0.2, 0.25) is 0 Å². The molecular formula is C42H68N3O3P. The molecule has 1 aromatic heterocycles. The molecule has 0 aliphatic rings. The van der Waals surface area contributed by atoms with Crippen LogP contribution < -0.4 is 5.30 Å². The number of hydrogen-bond acceptors (Lipinski definition) is 5. The second-order valence-electron chi connectivity index (χ2n) is 14.5. The Hall–Kier alpha value is -2.72. The van der Waals surface area contributed by atoms with Crippen LogP contribution >= 0.6 is 7.26 Å². The molecule has 49 heavy (non-hydrogen) atoms. The number of ether oxygens (including phenoxy) is 1. The Morgan fingerprint density at radius 2 is 1.18 bits per heavy atom. The molecule has 0 fully saturated rings. The molecule has 2 aromatic carbocycles. The van der Waals surface area contributed by atoms with E-state index in [1.54, 1.807) is 11.7 Å². The van der Waals surface area contributed by atoms with Gasteiger partial charge < -0.3 is 0 Å². The van der Waals surface area contributed by atoms with E-state index in [9.17, 15) is 9.90 Å². The number of unbranched alkanes of at least 4 members (excludes halogenated alkanes) is 15. The molecule has 274 valence electrons. The second-order valence-corrected chi connectivity index (χ2v) is 19.1. The van der Waals surface area contributed by atoms with E-state index in [-0.39, 0.29) is 12.4 Å². The maximum absolute atomic E-state index is 12.3. The maximum atomic E-state index is 12.3. The summed E-state index contributed by atoms with van der Waals surface area (Å²) in [5.41, 5.74) is 3.45. The molecule has 1 heterocycles. The number of phenolic OH excluding ortho intramolecular Hbond substituents is 1. The molecule has 1 N–H and O–H groups in total. The van der Waals surface area contributed by atoms with Crippen molar-refractivity contribution in [3.63, 3.8) is 0 Å². The Kier molecular flexibility index (Phi) is 19.0. The summed E-state index contributed by atoms with van der Waals surface area (Å²) in [5, 5.41) is 22.8. The van der Waals surface area contributed by atoms with E-state index in [4.69, 9.17) is 14.9 Å². The first-order valence-corrected chi connectivity index (χ1v) is 22.5. The van der Waals surface area contributed by atoms with E-state index < -0.39 is 13.2 Å². The minimum atomic E-state index is -2.02. The third-order valence-corrected chi connectivity index (χ3v) is 15.7. The van der Waals surface area contributed by atoms with Gasteiger partial charge in [-0.25, -0.2) is 0 Å². The number of aromatic hydroxyl groups is 1. The summed E-state index contributed by atoms with van der Waals surface area (Å²) < 4.78 is 5.54. The quantitative estimate of drug-likeness (QED) is 0.0372. The Labute approximate surface area is 298 Å². The van der Waals surface area contributed by atoms with Crippen molar-refractivity contribution in [2.45, 2.75) is 150 Å². The molecule has 0 aliphatic heterocycles. The molecule has 7 heteroatoms. The Bertz CT molecular complexity index is 1330. The fraction of sp³-hybridized carbons (Fsp3) is 0.643. The molecule has 0 atom stereocenters. The molecule has 0 aliphatic carbocycles. The van der Waals surface area contributed by atoms with E-state index in [1.807, 2.05) is 24.3 Å². The molecule has 0 saturated carbocycles.